The number of ether oxygens (including phenoxy) is 1. The van der Waals surface area contributed by atoms with E-state index in [9.17, 15) is 9.59 Å². The van der Waals surface area contributed by atoms with Crippen LogP contribution < -0.4 is 0 Å². The summed E-state index contributed by atoms with van der Waals surface area (Å²) in [5.41, 5.74) is 0. The summed E-state index contributed by atoms with van der Waals surface area (Å²) in [6, 6.07) is -0.154. The van der Waals surface area contributed by atoms with Crippen LogP contribution in [-0.2, 0) is 9.53 Å². The van der Waals surface area contributed by atoms with Gasteiger partial charge in [-0.25, -0.2) is 4.79 Å². The van der Waals surface area contributed by atoms with Crippen LogP contribution in [0.2, 0.25) is 0 Å². The second kappa shape index (κ2) is 7.96. The van der Waals surface area contributed by atoms with Gasteiger partial charge in [0.2, 0.25) is 0 Å². The molecule has 0 aliphatic carbocycles. The Morgan fingerprint density at radius 1 is 1.42 bits per heavy atom. The summed E-state index contributed by atoms with van der Waals surface area (Å²) < 4.78 is 4.93. The number of hydrogen-bond donors (Lipinski definition) is 2. The molecule has 0 spiro atoms. The molecule has 1 aliphatic rings. The number of rotatable bonds is 7. The molecule has 1 fully saturated rings. The molecule has 7 heteroatoms. The molecule has 19 heavy (non-hydrogen) atoms. The Bertz CT molecular complexity index is 310. The quantitative estimate of drug-likeness (QED) is 0.673. The molecule has 1 unspecified atom stereocenters. The normalized spacial score (nSPS) is 18.6. The number of aliphatic hydroxyl groups is 1. The van der Waals surface area contributed by atoms with Gasteiger partial charge in [0.05, 0.1) is 13.2 Å². The number of carboxylic acids is 1. The van der Waals surface area contributed by atoms with Crippen LogP contribution in [0.25, 0.3) is 0 Å². The fourth-order valence-electron chi connectivity index (χ4n) is 2.25. The van der Waals surface area contributed by atoms with E-state index in [1.54, 1.807) is 12.0 Å². The highest BCUT2D eigenvalue weighted by atomic mass is 16.5. The zero-order chi connectivity index (χ0) is 14.3. The fraction of sp³-hybridized carbons (Fsp3) is 0.833. The smallest absolute Gasteiger partial charge is 0.320 e. The summed E-state index contributed by atoms with van der Waals surface area (Å²) in [7, 11) is 1.56. The predicted octanol–water partition coefficient (Wildman–Crippen LogP) is -0.156. The van der Waals surface area contributed by atoms with Crippen molar-refractivity contribution in [3.8, 4) is 0 Å². The number of carboxylic acid groups (broad SMARTS) is 1. The van der Waals surface area contributed by atoms with Crippen LogP contribution in [0.15, 0.2) is 0 Å². The van der Waals surface area contributed by atoms with Crippen LogP contribution in [-0.4, -0.2) is 78.5 Å². The fourth-order valence-corrected chi connectivity index (χ4v) is 2.25. The Morgan fingerprint density at radius 3 is 2.74 bits per heavy atom. The molecular formula is C12H22N2O5. The molecule has 2 N–H and O–H groups in total. The molecule has 1 heterocycles. The molecule has 2 amide bonds. The van der Waals surface area contributed by atoms with Gasteiger partial charge < -0.3 is 24.7 Å². The Balaban J connectivity index is 2.48. The van der Waals surface area contributed by atoms with E-state index >= 15 is 0 Å². The average Bonchev–Trinajstić information content (AvgIpc) is 2.81. The molecule has 1 rings (SSSR count). The average molecular weight is 274 g/mol. The summed E-state index contributed by atoms with van der Waals surface area (Å²) in [5, 5.41) is 17.7. The lowest BCUT2D eigenvalue weighted by atomic mass is 10.1. The Kier molecular flexibility index (Phi) is 6.58. The summed E-state index contributed by atoms with van der Waals surface area (Å²) in [6.45, 7) is 2.06. The molecule has 0 aromatic carbocycles. The van der Waals surface area contributed by atoms with E-state index in [1.807, 2.05) is 0 Å². The van der Waals surface area contributed by atoms with Gasteiger partial charge in [-0.1, -0.05) is 0 Å². The Labute approximate surface area is 112 Å². The van der Waals surface area contributed by atoms with Gasteiger partial charge in [-0.3, -0.25) is 4.79 Å². The standard InChI is InChI=1S/C12H22N2O5/c1-19-7-5-13(4-6-15)12(18)14-3-2-10(9-14)8-11(16)17/h10,15H,2-9H2,1H3,(H,16,17). The van der Waals surface area contributed by atoms with Crippen LogP contribution >= 0.6 is 0 Å². The van der Waals surface area contributed by atoms with Crippen molar-refractivity contribution in [1.82, 2.24) is 9.80 Å². The number of amides is 2. The molecule has 0 saturated carbocycles. The number of nitrogens with zero attached hydrogens (tertiary/aromatic N) is 2. The first-order valence-corrected chi connectivity index (χ1v) is 6.44. The van der Waals surface area contributed by atoms with E-state index < -0.39 is 5.97 Å². The van der Waals surface area contributed by atoms with Gasteiger partial charge >= 0.3 is 12.0 Å². The minimum absolute atomic E-state index is 0.0276. The van der Waals surface area contributed by atoms with Crippen LogP contribution in [0.5, 0.6) is 0 Å². The highest BCUT2D eigenvalue weighted by Crippen LogP contribution is 2.20. The number of hydrogen-bond acceptors (Lipinski definition) is 4. The summed E-state index contributed by atoms with van der Waals surface area (Å²) >= 11 is 0. The zero-order valence-electron chi connectivity index (χ0n) is 11.2. The zero-order valence-corrected chi connectivity index (χ0v) is 11.2. The lowest BCUT2D eigenvalue weighted by molar-refractivity contribution is -0.138. The molecule has 0 radical (unpaired) electrons. The SMILES string of the molecule is COCCN(CCO)C(=O)N1CCC(CC(=O)O)C1. The van der Waals surface area contributed by atoms with Crippen molar-refractivity contribution in [2.45, 2.75) is 12.8 Å². The van der Waals surface area contributed by atoms with Gasteiger partial charge in [0.25, 0.3) is 0 Å². The minimum Gasteiger partial charge on any atom is -0.481 e. The van der Waals surface area contributed by atoms with Crippen LogP contribution in [0.4, 0.5) is 4.79 Å². The van der Waals surface area contributed by atoms with E-state index in [2.05, 4.69) is 0 Å². The lowest BCUT2D eigenvalue weighted by Crippen LogP contribution is -2.44. The number of carbonyl (C=O) groups excluding carboxylic acids is 1. The first kappa shape index (κ1) is 15.7. The summed E-state index contributed by atoms with van der Waals surface area (Å²) in [4.78, 5) is 26.0. The number of likely N-dealkylation sites (tertiary alicyclic amines) is 1. The number of aliphatic hydroxyl groups excluding tert-OH is 1. The maximum absolute atomic E-state index is 12.2. The molecule has 7 nitrogen and oxygen atoms in total. The van der Waals surface area contributed by atoms with Crippen molar-refractivity contribution in [3.05, 3.63) is 0 Å². The van der Waals surface area contributed by atoms with Crippen LogP contribution in [0.1, 0.15) is 12.8 Å². The molecule has 1 atom stereocenters. The number of aliphatic carboxylic acids is 1. The molecule has 110 valence electrons. The van der Waals surface area contributed by atoms with Crippen molar-refractivity contribution < 1.29 is 24.5 Å². The third-order valence-corrected chi connectivity index (χ3v) is 3.23. The van der Waals surface area contributed by atoms with Gasteiger partial charge in [0.1, 0.15) is 0 Å². The number of methoxy groups -OCH3 is 1. The molecule has 0 bridgehead atoms. The monoisotopic (exact) mass is 274 g/mol. The van der Waals surface area contributed by atoms with E-state index in [0.29, 0.717) is 26.2 Å². The molecule has 0 aromatic rings. The van der Waals surface area contributed by atoms with E-state index in [4.69, 9.17) is 14.9 Å². The van der Waals surface area contributed by atoms with Gasteiger partial charge in [-0.05, 0) is 12.3 Å². The molecule has 0 aromatic heterocycles. The third kappa shape index (κ3) is 5.04. The van der Waals surface area contributed by atoms with Crippen molar-refractivity contribution in [2.24, 2.45) is 5.92 Å². The highest BCUT2D eigenvalue weighted by molar-refractivity contribution is 5.75. The van der Waals surface area contributed by atoms with Gasteiger partial charge in [-0.15, -0.1) is 0 Å². The highest BCUT2D eigenvalue weighted by Gasteiger charge is 2.30. The van der Waals surface area contributed by atoms with E-state index in [-0.39, 0.29) is 31.5 Å². The van der Waals surface area contributed by atoms with E-state index in [1.165, 1.54) is 4.90 Å². The van der Waals surface area contributed by atoms with Crippen LogP contribution in [0.3, 0.4) is 0 Å². The third-order valence-electron chi connectivity index (χ3n) is 3.23. The molecular weight excluding hydrogens is 252 g/mol. The van der Waals surface area contributed by atoms with Crippen molar-refractivity contribution in [1.29, 1.82) is 0 Å². The second-order valence-electron chi connectivity index (χ2n) is 4.68. The Hall–Kier alpha value is -1.34. The van der Waals surface area contributed by atoms with Gasteiger partial charge in [0.15, 0.2) is 0 Å². The largest absolute Gasteiger partial charge is 0.481 e. The minimum atomic E-state index is -0.828. The molecule has 1 aliphatic heterocycles. The second-order valence-corrected chi connectivity index (χ2v) is 4.68. The molecule has 1 saturated heterocycles. The Morgan fingerprint density at radius 2 is 2.16 bits per heavy atom. The van der Waals surface area contributed by atoms with Gasteiger partial charge in [-0.2, -0.15) is 0 Å². The first-order valence-electron chi connectivity index (χ1n) is 6.44. The maximum Gasteiger partial charge on any atom is 0.320 e. The van der Waals surface area contributed by atoms with Gasteiger partial charge in [0, 0.05) is 39.7 Å². The number of urea groups is 1. The topological polar surface area (TPSA) is 90.3 Å². The van der Waals surface area contributed by atoms with Crippen molar-refractivity contribution in [3.63, 3.8) is 0 Å². The predicted molar refractivity (Wildman–Crippen MR) is 67.9 cm³/mol. The van der Waals surface area contributed by atoms with E-state index in [0.717, 1.165) is 6.42 Å². The van der Waals surface area contributed by atoms with Crippen molar-refractivity contribution >= 4 is 12.0 Å². The lowest BCUT2D eigenvalue weighted by Gasteiger charge is -2.27. The maximum atomic E-state index is 12.2. The van der Waals surface area contributed by atoms with Crippen molar-refractivity contribution in [2.75, 3.05) is 46.5 Å². The summed E-state index contributed by atoms with van der Waals surface area (Å²) in [6.07, 6.45) is 0.817. The first-order chi connectivity index (χ1) is 9.08. The van der Waals surface area contributed by atoms with Crippen LogP contribution in [0, 0.1) is 5.92 Å². The summed E-state index contributed by atoms with van der Waals surface area (Å²) in [5.74, 6) is -0.800. The number of carbonyl (C=O) groups is 2.